The van der Waals surface area contributed by atoms with Crippen LogP contribution in [-0.4, -0.2) is 54.0 Å². The van der Waals surface area contributed by atoms with Crippen molar-refractivity contribution in [2.45, 2.75) is 0 Å². The Morgan fingerprint density at radius 3 is 0.978 bits per heavy atom. The van der Waals surface area contributed by atoms with Crippen molar-refractivity contribution >= 4 is 35.6 Å². The van der Waals surface area contributed by atoms with Crippen LogP contribution >= 0.6 is 0 Å². The Morgan fingerprint density at radius 1 is 0.467 bits per heavy atom. The number of rotatable bonds is 12. The minimum absolute atomic E-state index is 0.0482. The summed E-state index contributed by atoms with van der Waals surface area (Å²) in [7, 11) is 4.23. The van der Waals surface area contributed by atoms with Gasteiger partial charge in [-0.15, -0.1) is 0 Å². The maximum absolute atomic E-state index is 13.3. The second-order valence-electron chi connectivity index (χ2n) is 9.69. The molecule has 0 fully saturated rings. The van der Waals surface area contributed by atoms with E-state index in [1.807, 2.05) is 0 Å². The number of methoxy groups -OCH3 is 3. The highest BCUT2D eigenvalue weighted by Gasteiger charge is 2.14. The molecular weight excluding hydrogens is 576 g/mol. The van der Waals surface area contributed by atoms with E-state index in [0.717, 1.165) is 0 Å². The first-order valence-corrected chi connectivity index (χ1v) is 13.5. The smallest absolute Gasteiger partial charge is 0.185 e. The van der Waals surface area contributed by atoms with Gasteiger partial charge in [-0.1, -0.05) is 36.4 Å². The number of carbonyl (C=O) groups is 3. The lowest BCUT2D eigenvalue weighted by Crippen LogP contribution is -2.05. The van der Waals surface area contributed by atoms with Crippen molar-refractivity contribution in [1.29, 1.82) is 0 Å². The summed E-state index contributed by atoms with van der Waals surface area (Å²) in [6.45, 7) is 0. The van der Waals surface area contributed by atoms with E-state index < -0.39 is 17.3 Å². The van der Waals surface area contributed by atoms with Crippen LogP contribution in [0.25, 0.3) is 18.2 Å². The van der Waals surface area contributed by atoms with Gasteiger partial charge in [-0.3, -0.25) is 14.4 Å². The molecule has 228 valence electrons. The first-order valence-electron chi connectivity index (χ1n) is 13.5. The lowest BCUT2D eigenvalue weighted by Gasteiger charge is -2.06. The Morgan fingerprint density at radius 2 is 0.733 bits per heavy atom. The van der Waals surface area contributed by atoms with Crippen molar-refractivity contribution < 1.29 is 43.9 Å². The summed E-state index contributed by atoms with van der Waals surface area (Å²) in [6, 6.07) is 18.0. The maximum atomic E-state index is 13.3. The van der Waals surface area contributed by atoms with Crippen molar-refractivity contribution in [3.05, 3.63) is 124 Å². The number of hydrogen-bond acceptors (Lipinski definition) is 9. The Kier molecular flexibility index (Phi) is 10.2. The molecule has 0 bridgehead atoms. The zero-order chi connectivity index (χ0) is 32.5. The normalized spacial score (nSPS) is 11.3. The third-order valence-corrected chi connectivity index (χ3v) is 6.68. The molecule has 9 heteroatoms. The lowest BCUT2D eigenvalue weighted by molar-refractivity contribution is 0.104. The number of carbonyl (C=O) groups excluding carboxylic acids is 3. The van der Waals surface area contributed by atoms with Gasteiger partial charge >= 0.3 is 0 Å². The van der Waals surface area contributed by atoms with Crippen LogP contribution in [0.15, 0.2) is 91.0 Å². The summed E-state index contributed by atoms with van der Waals surface area (Å²) >= 11 is 0. The summed E-state index contributed by atoms with van der Waals surface area (Å²) in [4.78, 5) is 39.8. The van der Waals surface area contributed by atoms with Crippen molar-refractivity contribution in [2.75, 3.05) is 21.3 Å². The van der Waals surface area contributed by atoms with Crippen molar-refractivity contribution in [3.8, 4) is 34.5 Å². The molecule has 45 heavy (non-hydrogen) atoms. The largest absolute Gasteiger partial charge is 0.504 e. The zero-order valence-electron chi connectivity index (χ0n) is 24.7. The van der Waals surface area contributed by atoms with Gasteiger partial charge in [-0.2, -0.15) is 0 Å². The molecule has 0 aromatic heterocycles. The second kappa shape index (κ2) is 14.4. The predicted octanol–water partition coefficient (Wildman–Crippen LogP) is 6.52. The summed E-state index contributed by atoms with van der Waals surface area (Å²) in [6.07, 6.45) is 8.45. The van der Waals surface area contributed by atoms with Crippen molar-refractivity contribution in [1.82, 2.24) is 0 Å². The number of phenolic OH excluding ortho intramolecular Hbond substituents is 3. The van der Waals surface area contributed by atoms with Gasteiger partial charge in [0, 0.05) is 16.7 Å². The van der Waals surface area contributed by atoms with Gasteiger partial charge in [0.1, 0.15) is 0 Å². The van der Waals surface area contributed by atoms with E-state index in [4.69, 9.17) is 14.2 Å². The van der Waals surface area contributed by atoms with E-state index in [-0.39, 0.29) is 51.2 Å². The van der Waals surface area contributed by atoms with E-state index >= 15 is 0 Å². The molecule has 3 N–H and O–H groups in total. The van der Waals surface area contributed by atoms with Crippen LogP contribution in [0, 0.1) is 0 Å². The summed E-state index contributed by atoms with van der Waals surface area (Å²) in [5.74, 6) is -0.835. The molecular formula is C36H30O9. The van der Waals surface area contributed by atoms with Crippen LogP contribution < -0.4 is 14.2 Å². The average Bonchev–Trinajstić information content (AvgIpc) is 3.06. The second-order valence-corrected chi connectivity index (χ2v) is 9.69. The molecule has 0 atom stereocenters. The molecule has 0 radical (unpaired) electrons. The molecule has 0 saturated carbocycles. The summed E-state index contributed by atoms with van der Waals surface area (Å²) < 4.78 is 15.3. The maximum Gasteiger partial charge on any atom is 0.185 e. The number of ketones is 3. The number of phenols is 3. The van der Waals surface area contributed by atoms with Gasteiger partial charge in [-0.05, 0) is 89.5 Å². The van der Waals surface area contributed by atoms with Gasteiger partial charge in [0.15, 0.2) is 51.8 Å². The first kappa shape index (κ1) is 31.8. The molecule has 9 nitrogen and oxygen atoms in total. The molecule has 0 heterocycles. The first-order chi connectivity index (χ1) is 21.6. The molecule has 0 aliphatic rings. The highest BCUT2D eigenvalue weighted by Crippen LogP contribution is 2.29. The quantitative estimate of drug-likeness (QED) is 0.121. The number of benzene rings is 4. The monoisotopic (exact) mass is 606 g/mol. The number of aromatic hydroxyl groups is 3. The Bertz CT molecular complexity index is 1620. The van der Waals surface area contributed by atoms with E-state index in [0.29, 0.717) is 16.7 Å². The third-order valence-electron chi connectivity index (χ3n) is 6.68. The molecule has 0 aliphatic heterocycles. The van der Waals surface area contributed by atoms with Gasteiger partial charge in [0.05, 0.1) is 21.3 Å². The van der Waals surface area contributed by atoms with Crippen LogP contribution in [-0.2, 0) is 0 Å². The molecule has 0 amide bonds. The highest BCUT2D eigenvalue weighted by molar-refractivity contribution is 6.15. The van der Waals surface area contributed by atoms with Crippen molar-refractivity contribution in [2.24, 2.45) is 0 Å². The van der Waals surface area contributed by atoms with Gasteiger partial charge in [0.2, 0.25) is 0 Å². The average molecular weight is 607 g/mol. The highest BCUT2D eigenvalue weighted by atomic mass is 16.5. The number of allylic oxidation sites excluding steroid dienone is 3. The van der Waals surface area contributed by atoms with Crippen LogP contribution in [0.4, 0.5) is 0 Å². The minimum Gasteiger partial charge on any atom is -0.504 e. The fourth-order valence-electron chi connectivity index (χ4n) is 4.25. The van der Waals surface area contributed by atoms with Crippen LogP contribution in [0.3, 0.4) is 0 Å². The fourth-order valence-corrected chi connectivity index (χ4v) is 4.25. The van der Waals surface area contributed by atoms with Crippen LogP contribution in [0.5, 0.6) is 34.5 Å². The van der Waals surface area contributed by atoms with Crippen LogP contribution in [0.2, 0.25) is 0 Å². The molecule has 0 unspecified atom stereocenters. The van der Waals surface area contributed by atoms with E-state index in [1.54, 1.807) is 36.4 Å². The number of ether oxygens (including phenoxy) is 3. The number of hydrogen-bond donors (Lipinski definition) is 3. The van der Waals surface area contributed by atoms with Crippen molar-refractivity contribution in [3.63, 3.8) is 0 Å². The molecule has 4 rings (SSSR count). The Labute approximate surface area is 259 Å². The molecule has 4 aromatic carbocycles. The lowest BCUT2D eigenvalue weighted by atomic mass is 9.97. The van der Waals surface area contributed by atoms with Crippen LogP contribution in [0.1, 0.15) is 47.8 Å². The topological polar surface area (TPSA) is 140 Å². The molecule has 0 saturated heterocycles. The molecule has 0 spiro atoms. The van der Waals surface area contributed by atoms with Gasteiger partial charge < -0.3 is 29.5 Å². The van der Waals surface area contributed by atoms with E-state index in [9.17, 15) is 29.7 Å². The Balaban J connectivity index is 1.68. The van der Waals surface area contributed by atoms with E-state index in [2.05, 4.69) is 0 Å². The standard InChI is InChI=1S/C36H30O9/c1-43-34-16-22(7-13-31(34)40)4-10-28(37)25-19-26(29(38)11-5-23-8-14-32(41)35(17-23)44-2)21-27(20-25)30(39)12-6-24-9-15-33(42)36(18-24)45-3/h4-21,40-42H,1-3H3/b10-4+,11-5+,12-6+. The summed E-state index contributed by atoms with van der Waals surface area (Å²) in [5, 5.41) is 29.5. The SMILES string of the molecule is COc1cc(/C=C/C(=O)c2cc(C(=O)/C=C/c3ccc(O)c(OC)c3)cc(C(=O)/C=C/c3ccc(O)c(OC)c3)c2)ccc1O. The fraction of sp³-hybridized carbons (Fsp3) is 0.0833. The zero-order valence-corrected chi connectivity index (χ0v) is 24.7. The molecule has 4 aromatic rings. The van der Waals surface area contributed by atoms with Gasteiger partial charge in [0.25, 0.3) is 0 Å². The summed E-state index contributed by atoms with van der Waals surface area (Å²) in [5.41, 5.74) is 2.06. The van der Waals surface area contributed by atoms with Gasteiger partial charge in [-0.25, -0.2) is 0 Å². The third kappa shape index (κ3) is 8.05. The molecule has 0 aliphatic carbocycles. The minimum atomic E-state index is -0.467. The predicted molar refractivity (Wildman–Crippen MR) is 171 cm³/mol. The van der Waals surface area contributed by atoms with E-state index in [1.165, 1.54) is 94.2 Å². The Hall–Kier alpha value is -6.09.